The maximum atomic E-state index is 11.0. The minimum absolute atomic E-state index is 0.320. The van der Waals surface area contributed by atoms with Crippen molar-refractivity contribution >= 4 is 29.6 Å². The van der Waals surface area contributed by atoms with E-state index in [4.69, 9.17) is 10.7 Å². The second kappa shape index (κ2) is 3.48. The third-order valence-corrected chi connectivity index (χ3v) is 3.52. The van der Waals surface area contributed by atoms with E-state index in [-0.39, 0.29) is 5.03 Å². The van der Waals surface area contributed by atoms with E-state index in [1.807, 2.05) is 0 Å². The van der Waals surface area contributed by atoms with Gasteiger partial charge in [0.15, 0.2) is 19.9 Å². The quantitative estimate of drug-likeness (QED) is 0.715. The van der Waals surface area contributed by atoms with Crippen LogP contribution >= 0.6 is 10.7 Å². The van der Waals surface area contributed by atoms with Crippen LogP contribution in [0.1, 0.15) is 0 Å². The van der Waals surface area contributed by atoms with Crippen LogP contribution in [0.15, 0.2) is 28.3 Å². The van der Waals surface area contributed by atoms with Crippen molar-refractivity contribution in [3.8, 4) is 0 Å². The molecule has 0 bridgehead atoms. The van der Waals surface area contributed by atoms with Gasteiger partial charge in [-0.15, -0.1) is 0 Å². The lowest BCUT2D eigenvalue weighted by Crippen LogP contribution is -2.03. The average molecular weight is 256 g/mol. The number of halogens is 1. The molecule has 1 heterocycles. The maximum Gasteiger partial charge on any atom is 0.278 e. The van der Waals surface area contributed by atoms with E-state index in [2.05, 4.69) is 4.98 Å². The van der Waals surface area contributed by atoms with Gasteiger partial charge in [0.2, 0.25) is 0 Å². The first-order valence-corrected chi connectivity index (χ1v) is 7.53. The number of aromatic nitrogens is 1. The molecule has 0 aliphatic carbocycles. The number of hydrogen-bond donors (Lipinski definition) is 0. The van der Waals surface area contributed by atoms with Crippen molar-refractivity contribution in [1.29, 1.82) is 0 Å². The Hall–Kier alpha value is -0.660. The Balaban J connectivity index is 3.44. The predicted octanol–water partition coefficient (Wildman–Crippen LogP) is 0.413. The molecule has 0 N–H and O–H groups in total. The summed E-state index contributed by atoms with van der Waals surface area (Å²) >= 11 is 0. The highest BCUT2D eigenvalue weighted by Crippen LogP contribution is 2.14. The zero-order valence-electron chi connectivity index (χ0n) is 7.01. The first kappa shape index (κ1) is 11.4. The van der Waals surface area contributed by atoms with Crippen molar-refractivity contribution in [3.05, 3.63) is 18.2 Å². The Kier molecular flexibility index (Phi) is 2.84. The molecular weight excluding hydrogens is 250 g/mol. The summed E-state index contributed by atoms with van der Waals surface area (Å²) in [6, 6.07) is 3.58. The van der Waals surface area contributed by atoms with Crippen LogP contribution in [0.4, 0.5) is 0 Å². The van der Waals surface area contributed by atoms with E-state index >= 15 is 0 Å². The first-order chi connectivity index (χ1) is 6.21. The Bertz CT molecular complexity index is 502. The van der Waals surface area contributed by atoms with Crippen molar-refractivity contribution in [2.75, 3.05) is 6.26 Å². The highest BCUT2D eigenvalue weighted by Gasteiger charge is 2.15. The van der Waals surface area contributed by atoms with Crippen molar-refractivity contribution in [2.24, 2.45) is 0 Å². The van der Waals surface area contributed by atoms with E-state index in [0.29, 0.717) is 0 Å². The molecule has 0 saturated heterocycles. The minimum Gasteiger partial charge on any atom is -0.223 e. The number of hydrogen-bond acceptors (Lipinski definition) is 5. The molecule has 0 radical (unpaired) electrons. The van der Waals surface area contributed by atoms with Gasteiger partial charge in [0, 0.05) is 16.9 Å². The summed E-state index contributed by atoms with van der Waals surface area (Å²) in [4.78, 5) is 3.41. The fourth-order valence-electron chi connectivity index (χ4n) is 0.738. The predicted molar refractivity (Wildman–Crippen MR) is 50.4 cm³/mol. The average Bonchev–Trinajstić information content (AvgIpc) is 2.01. The molecule has 1 rings (SSSR count). The van der Waals surface area contributed by atoms with Gasteiger partial charge in [-0.1, -0.05) is 6.07 Å². The van der Waals surface area contributed by atoms with Crippen molar-refractivity contribution in [3.63, 3.8) is 0 Å². The molecule has 5 nitrogen and oxygen atoms in total. The van der Waals surface area contributed by atoms with E-state index in [1.165, 1.54) is 12.1 Å². The van der Waals surface area contributed by atoms with Crippen LogP contribution in [-0.2, 0) is 18.9 Å². The summed E-state index contributed by atoms with van der Waals surface area (Å²) < 4.78 is 43.7. The van der Waals surface area contributed by atoms with Gasteiger partial charge in [-0.3, -0.25) is 0 Å². The van der Waals surface area contributed by atoms with Crippen molar-refractivity contribution < 1.29 is 16.8 Å². The second-order valence-electron chi connectivity index (χ2n) is 2.52. The molecule has 0 spiro atoms. The van der Waals surface area contributed by atoms with Crippen LogP contribution in [0.25, 0.3) is 0 Å². The van der Waals surface area contributed by atoms with Gasteiger partial charge in [-0.05, 0) is 12.1 Å². The second-order valence-corrected chi connectivity index (χ2v) is 7.00. The smallest absolute Gasteiger partial charge is 0.223 e. The van der Waals surface area contributed by atoms with Crippen LogP contribution in [0.2, 0.25) is 0 Å². The summed E-state index contributed by atoms with van der Waals surface area (Å²) in [6.07, 6.45) is 0.931. The molecule has 0 aliphatic rings. The first-order valence-electron chi connectivity index (χ1n) is 3.33. The zero-order chi connectivity index (χ0) is 11.0. The maximum absolute atomic E-state index is 11.0. The number of sulfone groups is 1. The molecule has 0 aliphatic heterocycles. The highest BCUT2D eigenvalue weighted by molar-refractivity contribution is 8.13. The lowest BCUT2D eigenvalue weighted by Gasteiger charge is -1.98. The van der Waals surface area contributed by atoms with Gasteiger partial charge in [0.1, 0.15) is 0 Å². The molecule has 1 aromatic heterocycles. The fraction of sp³-hybridized carbons (Fsp3) is 0.167. The minimum atomic E-state index is -3.99. The normalized spacial score (nSPS) is 12.7. The largest absolute Gasteiger partial charge is 0.278 e. The molecule has 0 atom stereocenters. The molecule has 0 amide bonds. The van der Waals surface area contributed by atoms with Crippen LogP contribution < -0.4 is 0 Å². The molecule has 78 valence electrons. The molecule has 14 heavy (non-hydrogen) atoms. The molecule has 0 fully saturated rings. The number of rotatable bonds is 2. The summed E-state index contributed by atoms with van der Waals surface area (Å²) in [5.74, 6) is 0. The lowest BCUT2D eigenvalue weighted by atomic mass is 10.5. The van der Waals surface area contributed by atoms with Crippen LogP contribution in [-0.4, -0.2) is 28.1 Å². The third kappa shape index (κ3) is 2.66. The number of pyridine rings is 1. The van der Waals surface area contributed by atoms with Crippen LogP contribution in [0.3, 0.4) is 0 Å². The fourth-order valence-corrected chi connectivity index (χ4v) is 2.09. The summed E-state index contributed by atoms with van der Waals surface area (Å²) in [5, 5.41) is -0.790. The Morgan fingerprint density at radius 3 is 2.07 bits per heavy atom. The van der Waals surface area contributed by atoms with Gasteiger partial charge < -0.3 is 0 Å². The van der Waals surface area contributed by atoms with Gasteiger partial charge in [-0.25, -0.2) is 21.8 Å². The molecular formula is C6H6ClNO4S2. The molecule has 8 heteroatoms. The standard InChI is InChI=1S/C6H6ClNO4S2/c1-13(9,10)5-3-2-4-6(8-5)14(7,11)12/h2-4H,1H3. The van der Waals surface area contributed by atoms with Crippen molar-refractivity contribution in [2.45, 2.75) is 10.1 Å². The van der Waals surface area contributed by atoms with Crippen molar-refractivity contribution in [1.82, 2.24) is 4.98 Å². The van der Waals surface area contributed by atoms with E-state index in [9.17, 15) is 16.8 Å². The summed E-state index contributed by atoms with van der Waals surface area (Å²) in [6.45, 7) is 0. The van der Waals surface area contributed by atoms with Crippen LogP contribution in [0.5, 0.6) is 0 Å². The van der Waals surface area contributed by atoms with E-state index < -0.39 is 23.9 Å². The highest BCUT2D eigenvalue weighted by atomic mass is 35.7. The lowest BCUT2D eigenvalue weighted by molar-refractivity contribution is 0.594. The third-order valence-electron chi connectivity index (χ3n) is 1.33. The molecule has 0 saturated carbocycles. The number of nitrogens with zero attached hydrogens (tertiary/aromatic N) is 1. The summed E-state index contributed by atoms with van der Waals surface area (Å²) in [7, 11) is -2.51. The monoisotopic (exact) mass is 255 g/mol. The Morgan fingerprint density at radius 1 is 1.14 bits per heavy atom. The Labute approximate surface area is 86.1 Å². The van der Waals surface area contributed by atoms with Gasteiger partial charge in [0.25, 0.3) is 9.05 Å². The van der Waals surface area contributed by atoms with E-state index in [1.54, 1.807) is 0 Å². The summed E-state index contributed by atoms with van der Waals surface area (Å²) in [5.41, 5.74) is 0. The van der Waals surface area contributed by atoms with Gasteiger partial charge >= 0.3 is 0 Å². The van der Waals surface area contributed by atoms with Gasteiger partial charge in [0.05, 0.1) is 0 Å². The van der Waals surface area contributed by atoms with Gasteiger partial charge in [-0.2, -0.15) is 0 Å². The van der Waals surface area contributed by atoms with Crippen LogP contribution in [0, 0.1) is 0 Å². The topological polar surface area (TPSA) is 81.2 Å². The Morgan fingerprint density at radius 2 is 1.64 bits per heavy atom. The SMILES string of the molecule is CS(=O)(=O)c1cccc(S(=O)(=O)Cl)n1. The molecule has 1 aromatic rings. The molecule has 0 unspecified atom stereocenters. The molecule has 0 aromatic carbocycles. The zero-order valence-corrected chi connectivity index (χ0v) is 9.40. The van der Waals surface area contributed by atoms with E-state index in [0.717, 1.165) is 12.3 Å².